The molecule has 0 atom stereocenters. The Labute approximate surface area is 155 Å². The molecule has 1 aliphatic rings. The number of sulfonamides is 1. The van der Waals surface area contributed by atoms with Gasteiger partial charge in [-0.15, -0.1) is 0 Å². The molecule has 0 saturated heterocycles. The first kappa shape index (κ1) is 18.3. The van der Waals surface area contributed by atoms with E-state index in [1.54, 1.807) is 30.1 Å². The summed E-state index contributed by atoms with van der Waals surface area (Å²) in [5.41, 5.74) is 1.06. The molecule has 2 aromatic rings. The molecule has 0 unspecified atom stereocenters. The van der Waals surface area contributed by atoms with Crippen LogP contribution in [0.3, 0.4) is 0 Å². The second-order valence-electron chi connectivity index (χ2n) is 5.24. The van der Waals surface area contributed by atoms with Crippen molar-refractivity contribution in [3.8, 4) is 11.5 Å². The van der Waals surface area contributed by atoms with Gasteiger partial charge in [0, 0.05) is 30.3 Å². The van der Waals surface area contributed by atoms with Gasteiger partial charge in [-0.1, -0.05) is 11.6 Å². The van der Waals surface area contributed by atoms with Crippen molar-refractivity contribution in [2.75, 3.05) is 25.5 Å². The van der Waals surface area contributed by atoms with Crippen LogP contribution in [-0.4, -0.2) is 38.9 Å². The van der Waals surface area contributed by atoms with E-state index in [4.69, 9.17) is 21.1 Å². The van der Waals surface area contributed by atoms with Gasteiger partial charge in [0.25, 0.3) is 0 Å². The van der Waals surface area contributed by atoms with Crippen molar-refractivity contribution >= 4 is 33.4 Å². The van der Waals surface area contributed by atoms with E-state index in [0.29, 0.717) is 42.2 Å². The number of aromatic nitrogens is 1. The molecule has 25 heavy (non-hydrogen) atoms. The first-order valence-electron chi connectivity index (χ1n) is 7.62. The van der Waals surface area contributed by atoms with Crippen molar-refractivity contribution in [3.63, 3.8) is 0 Å². The van der Waals surface area contributed by atoms with Crippen molar-refractivity contribution in [1.82, 2.24) is 9.71 Å². The van der Waals surface area contributed by atoms with E-state index < -0.39 is 10.0 Å². The van der Waals surface area contributed by atoms with Crippen LogP contribution < -0.4 is 14.2 Å². The molecule has 0 amide bonds. The zero-order valence-corrected chi connectivity index (χ0v) is 15.7. The Hall–Kier alpha value is -1.48. The molecular weight excluding hydrogens is 384 g/mol. The Morgan fingerprint density at radius 1 is 1.16 bits per heavy atom. The summed E-state index contributed by atoms with van der Waals surface area (Å²) in [6, 6.07) is 8.31. The van der Waals surface area contributed by atoms with Crippen molar-refractivity contribution in [3.05, 3.63) is 47.2 Å². The molecule has 0 fully saturated rings. The molecular formula is C16H17ClN2O4S2. The van der Waals surface area contributed by atoms with E-state index >= 15 is 0 Å². The minimum atomic E-state index is -3.58. The number of benzene rings is 1. The third kappa shape index (κ3) is 5.01. The summed E-state index contributed by atoms with van der Waals surface area (Å²) in [6.45, 7) is 1.22. The van der Waals surface area contributed by atoms with Gasteiger partial charge in [-0.25, -0.2) is 18.1 Å². The summed E-state index contributed by atoms with van der Waals surface area (Å²) in [5, 5.41) is 0.456. The molecule has 0 aliphatic carbocycles. The number of thioether (sulfide) groups is 1. The monoisotopic (exact) mass is 400 g/mol. The number of rotatable bonds is 7. The largest absolute Gasteiger partial charge is 0.486 e. The van der Waals surface area contributed by atoms with Gasteiger partial charge in [0.1, 0.15) is 18.4 Å². The highest BCUT2D eigenvalue weighted by Crippen LogP contribution is 2.32. The van der Waals surface area contributed by atoms with Crippen LogP contribution in [0.25, 0.3) is 0 Å². The van der Waals surface area contributed by atoms with E-state index in [2.05, 4.69) is 9.71 Å². The van der Waals surface area contributed by atoms with Crippen LogP contribution >= 0.6 is 23.4 Å². The molecule has 6 nitrogen and oxygen atoms in total. The van der Waals surface area contributed by atoms with Crippen LogP contribution in [0, 0.1) is 0 Å². The van der Waals surface area contributed by atoms with Crippen molar-refractivity contribution in [1.29, 1.82) is 0 Å². The van der Waals surface area contributed by atoms with Gasteiger partial charge in [0.15, 0.2) is 11.5 Å². The SMILES string of the molecule is O=S(=O)(NCCSCc1ccnc(Cl)c1)c1ccc2c(c1)OCCO2. The van der Waals surface area contributed by atoms with Gasteiger partial charge < -0.3 is 9.47 Å². The van der Waals surface area contributed by atoms with Crippen molar-refractivity contribution in [2.24, 2.45) is 0 Å². The van der Waals surface area contributed by atoms with Crippen LogP contribution in [0.2, 0.25) is 5.15 Å². The maximum atomic E-state index is 12.4. The topological polar surface area (TPSA) is 77.5 Å². The van der Waals surface area contributed by atoms with Gasteiger partial charge in [0.05, 0.1) is 4.90 Å². The molecule has 1 aromatic carbocycles. The van der Waals surface area contributed by atoms with Gasteiger partial charge in [0.2, 0.25) is 10.0 Å². The average molecular weight is 401 g/mol. The second kappa shape index (κ2) is 8.27. The fraction of sp³-hybridized carbons (Fsp3) is 0.312. The Balaban J connectivity index is 1.50. The first-order chi connectivity index (χ1) is 12.0. The van der Waals surface area contributed by atoms with Crippen molar-refractivity contribution < 1.29 is 17.9 Å². The Morgan fingerprint density at radius 2 is 1.96 bits per heavy atom. The van der Waals surface area contributed by atoms with E-state index in [1.807, 2.05) is 6.07 Å². The normalized spacial score (nSPS) is 13.6. The van der Waals surface area contributed by atoms with E-state index in [-0.39, 0.29) is 4.90 Å². The molecule has 0 saturated carbocycles. The van der Waals surface area contributed by atoms with E-state index in [0.717, 1.165) is 11.3 Å². The lowest BCUT2D eigenvalue weighted by atomic mass is 10.3. The van der Waals surface area contributed by atoms with Crippen LogP contribution in [0.15, 0.2) is 41.4 Å². The lowest BCUT2D eigenvalue weighted by Gasteiger charge is -2.18. The van der Waals surface area contributed by atoms with Gasteiger partial charge >= 0.3 is 0 Å². The highest BCUT2D eigenvalue weighted by molar-refractivity contribution is 7.98. The molecule has 134 valence electrons. The van der Waals surface area contributed by atoms with Gasteiger partial charge in [-0.2, -0.15) is 11.8 Å². The highest BCUT2D eigenvalue weighted by atomic mass is 35.5. The summed E-state index contributed by atoms with van der Waals surface area (Å²) < 4.78 is 38.1. The summed E-state index contributed by atoms with van der Waals surface area (Å²) in [7, 11) is -3.58. The zero-order valence-electron chi connectivity index (χ0n) is 13.3. The van der Waals surface area contributed by atoms with E-state index in [1.165, 1.54) is 12.1 Å². The predicted octanol–water partition coefficient (Wildman–Crippen LogP) is 2.72. The number of hydrogen-bond acceptors (Lipinski definition) is 6. The van der Waals surface area contributed by atoms with Gasteiger partial charge in [-0.3, -0.25) is 0 Å². The molecule has 9 heteroatoms. The maximum Gasteiger partial charge on any atom is 0.240 e. The molecule has 0 bridgehead atoms. The van der Waals surface area contributed by atoms with E-state index in [9.17, 15) is 8.42 Å². The third-order valence-corrected chi connectivity index (χ3v) is 6.12. The molecule has 0 spiro atoms. The Kier molecular flexibility index (Phi) is 6.06. The quantitative estimate of drug-likeness (QED) is 0.568. The minimum Gasteiger partial charge on any atom is -0.486 e. The van der Waals surface area contributed by atoms with Crippen LogP contribution in [0.1, 0.15) is 5.56 Å². The fourth-order valence-electron chi connectivity index (χ4n) is 2.24. The van der Waals surface area contributed by atoms with Crippen LogP contribution in [-0.2, 0) is 15.8 Å². The smallest absolute Gasteiger partial charge is 0.240 e. The molecule has 1 aliphatic heterocycles. The third-order valence-electron chi connectivity index (χ3n) is 3.42. The molecule has 1 N–H and O–H groups in total. The molecule has 2 heterocycles. The minimum absolute atomic E-state index is 0.169. The number of hydrogen-bond donors (Lipinski definition) is 1. The number of fused-ring (bicyclic) bond motifs is 1. The Bertz CT molecular complexity index is 846. The summed E-state index contributed by atoms with van der Waals surface area (Å²) in [4.78, 5) is 4.10. The number of pyridine rings is 1. The predicted molar refractivity (Wildman–Crippen MR) is 98.0 cm³/mol. The maximum absolute atomic E-state index is 12.4. The summed E-state index contributed by atoms with van der Waals surface area (Å²) in [6.07, 6.45) is 1.66. The van der Waals surface area contributed by atoms with Crippen LogP contribution in [0.4, 0.5) is 0 Å². The standard InChI is InChI=1S/C16H17ClN2O4S2/c17-16-9-12(3-4-18-16)11-24-8-5-19-25(20,21)13-1-2-14-15(10-13)23-7-6-22-14/h1-4,9-10,19H,5-8,11H2. The summed E-state index contributed by atoms with van der Waals surface area (Å²) >= 11 is 7.45. The van der Waals surface area contributed by atoms with Crippen molar-refractivity contribution in [2.45, 2.75) is 10.6 Å². The summed E-state index contributed by atoms with van der Waals surface area (Å²) in [5.74, 6) is 2.41. The number of ether oxygens (including phenoxy) is 2. The highest BCUT2D eigenvalue weighted by Gasteiger charge is 2.18. The first-order valence-corrected chi connectivity index (χ1v) is 10.6. The number of nitrogens with one attached hydrogen (secondary N) is 1. The lowest BCUT2D eigenvalue weighted by molar-refractivity contribution is 0.171. The number of halogens is 1. The molecule has 3 rings (SSSR count). The second-order valence-corrected chi connectivity index (χ2v) is 8.50. The fourth-order valence-corrected chi connectivity index (χ4v) is 4.42. The average Bonchev–Trinajstić information content (AvgIpc) is 2.61. The molecule has 1 aromatic heterocycles. The van der Waals surface area contributed by atoms with Crippen LogP contribution in [0.5, 0.6) is 11.5 Å². The Morgan fingerprint density at radius 3 is 2.76 bits per heavy atom. The molecule has 0 radical (unpaired) electrons. The lowest BCUT2D eigenvalue weighted by Crippen LogP contribution is -2.26. The number of nitrogens with zero attached hydrogens (tertiary/aromatic N) is 1. The zero-order chi connectivity index (χ0) is 17.7. The van der Waals surface area contributed by atoms with Gasteiger partial charge in [-0.05, 0) is 29.8 Å².